The van der Waals surface area contributed by atoms with Crippen LogP contribution in [0.3, 0.4) is 0 Å². The highest BCUT2D eigenvalue weighted by Gasteiger charge is 2.11. The molecule has 2 aromatic carbocycles. The molecule has 0 aliphatic heterocycles. The van der Waals surface area contributed by atoms with Gasteiger partial charge in [0.05, 0.1) is 11.5 Å². The van der Waals surface area contributed by atoms with Gasteiger partial charge < -0.3 is 9.15 Å². The highest BCUT2D eigenvalue weighted by molar-refractivity contribution is 6.06. The molecule has 3 rings (SSSR count). The van der Waals surface area contributed by atoms with Crippen molar-refractivity contribution in [1.82, 2.24) is 0 Å². The van der Waals surface area contributed by atoms with Crippen LogP contribution in [0.2, 0.25) is 0 Å². The zero-order valence-corrected chi connectivity index (χ0v) is 11.8. The summed E-state index contributed by atoms with van der Waals surface area (Å²) in [7, 11) is 0. The quantitative estimate of drug-likeness (QED) is 0.546. The lowest BCUT2D eigenvalue weighted by Crippen LogP contribution is -2.09. The van der Waals surface area contributed by atoms with E-state index < -0.39 is 5.63 Å². The topological polar surface area (TPSA) is 56.5 Å². The molecule has 0 saturated heterocycles. The molecule has 106 valence electrons. The number of carbonyl (C=O) groups excluding carboxylic acids is 1. The second kappa shape index (κ2) is 5.05. The Labute approximate surface area is 120 Å². The Morgan fingerprint density at radius 3 is 2.67 bits per heavy atom. The van der Waals surface area contributed by atoms with Crippen LogP contribution in [-0.4, -0.2) is 12.4 Å². The first kappa shape index (κ1) is 13.4. The van der Waals surface area contributed by atoms with E-state index in [2.05, 4.69) is 0 Å². The summed E-state index contributed by atoms with van der Waals surface area (Å²) in [6.45, 7) is 3.37. The number of aryl methyl sites for hydroxylation is 1. The molecule has 4 heteroatoms. The maximum Gasteiger partial charge on any atom is 0.339 e. The minimum absolute atomic E-state index is 0.0651. The van der Waals surface area contributed by atoms with Crippen molar-refractivity contribution in [2.75, 3.05) is 6.61 Å². The molecule has 0 aliphatic rings. The smallest absolute Gasteiger partial charge is 0.339 e. The van der Waals surface area contributed by atoms with Crippen LogP contribution in [0.4, 0.5) is 0 Å². The van der Waals surface area contributed by atoms with Crippen molar-refractivity contribution in [2.45, 2.75) is 13.8 Å². The predicted octanol–water partition coefficient (Wildman–Crippen LogP) is 3.22. The molecule has 0 atom stereocenters. The van der Waals surface area contributed by atoms with Gasteiger partial charge in [-0.05, 0) is 30.9 Å². The number of fused-ring (bicyclic) bond motifs is 3. The summed E-state index contributed by atoms with van der Waals surface area (Å²) in [5, 5.41) is 2.57. The average Bonchev–Trinajstić information content (AvgIpc) is 2.45. The molecule has 0 fully saturated rings. The van der Waals surface area contributed by atoms with Crippen molar-refractivity contribution in [3.63, 3.8) is 0 Å². The normalized spacial score (nSPS) is 11.0. The van der Waals surface area contributed by atoms with E-state index in [1.165, 1.54) is 13.0 Å². The van der Waals surface area contributed by atoms with E-state index in [0.717, 1.165) is 16.3 Å². The van der Waals surface area contributed by atoms with Crippen LogP contribution in [0, 0.1) is 6.92 Å². The Bertz CT molecular complexity index is 906. The molecule has 0 radical (unpaired) electrons. The third kappa shape index (κ3) is 2.40. The standard InChI is InChI=1S/C17H14O4/c1-10-4-3-5-13-12(10)6-7-14-15(20-9-11(2)18)8-16(19)21-17(13)14/h3-8H,9H2,1-2H3. The van der Waals surface area contributed by atoms with Gasteiger partial charge in [-0.3, -0.25) is 4.79 Å². The molecule has 4 nitrogen and oxygen atoms in total. The first-order valence-electron chi connectivity index (χ1n) is 6.64. The van der Waals surface area contributed by atoms with Gasteiger partial charge in [-0.1, -0.05) is 24.3 Å². The number of Topliss-reactive ketones (excluding diaryl/α,β-unsaturated/α-hetero) is 1. The predicted molar refractivity (Wildman–Crippen MR) is 80.9 cm³/mol. The Balaban J connectivity index is 2.31. The zero-order valence-electron chi connectivity index (χ0n) is 11.8. The minimum Gasteiger partial charge on any atom is -0.485 e. The number of benzene rings is 2. The van der Waals surface area contributed by atoms with Gasteiger partial charge in [-0.2, -0.15) is 0 Å². The molecule has 0 aliphatic carbocycles. The summed E-state index contributed by atoms with van der Waals surface area (Å²) >= 11 is 0. The van der Waals surface area contributed by atoms with Gasteiger partial charge in [0.15, 0.2) is 5.78 Å². The number of ketones is 1. The summed E-state index contributed by atoms with van der Waals surface area (Å²) in [4.78, 5) is 22.8. The molecule has 21 heavy (non-hydrogen) atoms. The molecule has 1 aromatic heterocycles. The Morgan fingerprint density at radius 2 is 1.90 bits per heavy atom. The fourth-order valence-corrected chi connectivity index (χ4v) is 2.40. The minimum atomic E-state index is -0.491. The molecule has 1 heterocycles. The van der Waals surface area contributed by atoms with Gasteiger partial charge >= 0.3 is 5.63 Å². The Hall–Kier alpha value is -2.62. The third-order valence-corrected chi connectivity index (χ3v) is 3.38. The lowest BCUT2D eigenvalue weighted by Gasteiger charge is -2.09. The molecule has 0 saturated carbocycles. The van der Waals surface area contributed by atoms with E-state index in [1.807, 2.05) is 37.3 Å². The van der Waals surface area contributed by atoms with Gasteiger partial charge in [0.25, 0.3) is 0 Å². The lowest BCUT2D eigenvalue weighted by molar-refractivity contribution is -0.118. The summed E-state index contributed by atoms with van der Waals surface area (Å²) < 4.78 is 10.8. The van der Waals surface area contributed by atoms with Crippen LogP contribution < -0.4 is 10.4 Å². The van der Waals surface area contributed by atoms with Crippen LogP contribution >= 0.6 is 0 Å². The fourth-order valence-electron chi connectivity index (χ4n) is 2.40. The summed E-state index contributed by atoms with van der Waals surface area (Å²) in [6.07, 6.45) is 0. The SMILES string of the molecule is CC(=O)COc1cc(=O)oc2c1ccc1c(C)cccc12. The van der Waals surface area contributed by atoms with Crippen LogP contribution in [0.25, 0.3) is 21.7 Å². The Morgan fingerprint density at radius 1 is 1.14 bits per heavy atom. The van der Waals surface area contributed by atoms with Crippen LogP contribution in [0.5, 0.6) is 5.75 Å². The van der Waals surface area contributed by atoms with E-state index in [1.54, 1.807) is 0 Å². The second-order valence-electron chi connectivity index (χ2n) is 5.03. The molecule has 0 amide bonds. The second-order valence-corrected chi connectivity index (χ2v) is 5.03. The first-order valence-corrected chi connectivity index (χ1v) is 6.64. The highest BCUT2D eigenvalue weighted by Crippen LogP contribution is 2.31. The van der Waals surface area contributed by atoms with Crippen molar-refractivity contribution in [3.05, 3.63) is 52.4 Å². The molecular formula is C17H14O4. The molecule has 3 aromatic rings. The number of carbonyl (C=O) groups is 1. The molecular weight excluding hydrogens is 268 g/mol. The van der Waals surface area contributed by atoms with Crippen molar-refractivity contribution >= 4 is 27.5 Å². The van der Waals surface area contributed by atoms with Gasteiger partial charge in [0, 0.05) is 5.39 Å². The van der Waals surface area contributed by atoms with Crippen LogP contribution in [0.15, 0.2) is 45.6 Å². The van der Waals surface area contributed by atoms with Gasteiger partial charge in [0.2, 0.25) is 0 Å². The first-order chi connectivity index (χ1) is 10.1. The van der Waals surface area contributed by atoms with Crippen molar-refractivity contribution in [1.29, 1.82) is 0 Å². The average molecular weight is 282 g/mol. The van der Waals surface area contributed by atoms with E-state index in [9.17, 15) is 9.59 Å². The molecule has 0 unspecified atom stereocenters. The van der Waals surface area contributed by atoms with Gasteiger partial charge in [-0.25, -0.2) is 4.79 Å². The number of ether oxygens (including phenoxy) is 1. The van der Waals surface area contributed by atoms with Crippen molar-refractivity contribution in [3.8, 4) is 5.75 Å². The van der Waals surface area contributed by atoms with Crippen molar-refractivity contribution < 1.29 is 13.9 Å². The molecule has 0 spiro atoms. The third-order valence-electron chi connectivity index (χ3n) is 3.38. The van der Waals surface area contributed by atoms with Crippen LogP contribution in [-0.2, 0) is 4.79 Å². The van der Waals surface area contributed by atoms with Crippen LogP contribution in [0.1, 0.15) is 12.5 Å². The molecule has 0 bridgehead atoms. The summed E-state index contributed by atoms with van der Waals surface area (Å²) in [6, 6.07) is 10.9. The monoisotopic (exact) mass is 282 g/mol. The fraction of sp³-hybridized carbons (Fsp3) is 0.176. The van der Waals surface area contributed by atoms with Crippen molar-refractivity contribution in [2.24, 2.45) is 0 Å². The van der Waals surface area contributed by atoms with E-state index in [4.69, 9.17) is 9.15 Å². The number of hydrogen-bond donors (Lipinski definition) is 0. The zero-order chi connectivity index (χ0) is 15.0. The van der Waals surface area contributed by atoms with E-state index >= 15 is 0 Å². The maximum atomic E-state index is 11.7. The summed E-state index contributed by atoms with van der Waals surface area (Å²) in [5.41, 5.74) is 1.10. The van der Waals surface area contributed by atoms with Gasteiger partial charge in [-0.15, -0.1) is 0 Å². The number of rotatable bonds is 3. The van der Waals surface area contributed by atoms with E-state index in [0.29, 0.717) is 16.7 Å². The summed E-state index contributed by atoms with van der Waals surface area (Å²) in [5.74, 6) is 0.271. The lowest BCUT2D eigenvalue weighted by atomic mass is 10.0. The maximum absolute atomic E-state index is 11.7. The number of hydrogen-bond acceptors (Lipinski definition) is 4. The van der Waals surface area contributed by atoms with Gasteiger partial charge in [0.1, 0.15) is 17.9 Å². The molecule has 0 N–H and O–H groups in total. The largest absolute Gasteiger partial charge is 0.485 e. The van der Waals surface area contributed by atoms with E-state index in [-0.39, 0.29) is 12.4 Å². The highest BCUT2D eigenvalue weighted by atomic mass is 16.5. The Kier molecular flexibility index (Phi) is 3.22.